The summed E-state index contributed by atoms with van der Waals surface area (Å²) in [4.78, 5) is 16.5. The van der Waals surface area contributed by atoms with E-state index < -0.39 is 5.82 Å². The van der Waals surface area contributed by atoms with Gasteiger partial charge in [-0.25, -0.2) is 4.39 Å². The summed E-state index contributed by atoms with van der Waals surface area (Å²) in [6, 6.07) is 4.09. The van der Waals surface area contributed by atoms with E-state index >= 15 is 0 Å². The number of likely N-dealkylation sites (N-methyl/N-ethyl adjacent to an activating group) is 2. The van der Waals surface area contributed by atoms with E-state index in [-0.39, 0.29) is 17.6 Å². The van der Waals surface area contributed by atoms with Gasteiger partial charge in [-0.15, -0.1) is 0 Å². The maximum atomic E-state index is 13.0. The van der Waals surface area contributed by atoms with E-state index in [0.717, 1.165) is 25.7 Å². The predicted molar refractivity (Wildman–Crippen MR) is 77.1 cm³/mol. The Morgan fingerprint density at radius 2 is 2.20 bits per heavy atom. The fourth-order valence-electron chi connectivity index (χ4n) is 2.37. The Hall–Kier alpha value is -1.66. The van der Waals surface area contributed by atoms with Crippen molar-refractivity contribution in [3.63, 3.8) is 0 Å². The third-order valence-electron chi connectivity index (χ3n) is 3.74. The van der Waals surface area contributed by atoms with Gasteiger partial charge in [0.1, 0.15) is 5.82 Å². The summed E-state index contributed by atoms with van der Waals surface area (Å²) < 4.78 is 13.0. The second-order valence-electron chi connectivity index (χ2n) is 5.34. The van der Waals surface area contributed by atoms with Crippen molar-refractivity contribution in [3.8, 4) is 0 Å². The number of carbonyl (C=O) groups is 1. The quantitative estimate of drug-likeness (QED) is 0.786. The molecule has 2 rings (SSSR count). The lowest BCUT2D eigenvalue weighted by Crippen LogP contribution is -2.54. The summed E-state index contributed by atoms with van der Waals surface area (Å²) in [5.41, 5.74) is 6.14. The third kappa shape index (κ3) is 3.46. The van der Waals surface area contributed by atoms with Gasteiger partial charge in [0.2, 0.25) is 0 Å². The van der Waals surface area contributed by atoms with Crippen LogP contribution in [0.4, 0.5) is 10.1 Å². The standard InChI is InChI=1S/C14H21FN4O/c1-18-5-6-19(2)11(9-18)8-17-14(20)12-4-3-10(15)7-13(12)16/h3-4,7,11H,5-6,8-9,16H2,1-2H3,(H,17,20). The van der Waals surface area contributed by atoms with E-state index in [1.165, 1.54) is 12.1 Å². The number of rotatable bonds is 3. The fourth-order valence-corrected chi connectivity index (χ4v) is 2.37. The van der Waals surface area contributed by atoms with Gasteiger partial charge in [0.25, 0.3) is 5.91 Å². The molecule has 1 fully saturated rings. The largest absolute Gasteiger partial charge is 0.398 e. The Balaban J connectivity index is 1.94. The molecule has 1 aliphatic heterocycles. The second kappa shape index (κ2) is 6.19. The molecule has 1 heterocycles. The fraction of sp³-hybridized carbons (Fsp3) is 0.500. The van der Waals surface area contributed by atoms with E-state index in [0.29, 0.717) is 12.1 Å². The molecule has 3 N–H and O–H groups in total. The molecule has 1 unspecified atom stereocenters. The zero-order chi connectivity index (χ0) is 14.7. The van der Waals surface area contributed by atoms with Crippen LogP contribution in [0.3, 0.4) is 0 Å². The number of nitrogen functional groups attached to an aromatic ring is 1. The summed E-state index contributed by atoms with van der Waals surface area (Å²) in [5, 5.41) is 2.87. The Labute approximate surface area is 118 Å². The molecule has 0 radical (unpaired) electrons. The third-order valence-corrected chi connectivity index (χ3v) is 3.74. The topological polar surface area (TPSA) is 61.6 Å². The molecule has 5 nitrogen and oxygen atoms in total. The van der Waals surface area contributed by atoms with E-state index in [4.69, 9.17) is 5.73 Å². The lowest BCUT2D eigenvalue weighted by molar-refractivity contribution is 0.0882. The van der Waals surface area contributed by atoms with Crippen molar-refractivity contribution in [2.45, 2.75) is 6.04 Å². The number of carbonyl (C=O) groups excluding carboxylic acids is 1. The molecule has 1 amide bonds. The molecule has 1 aromatic rings. The molecule has 0 aliphatic carbocycles. The number of benzene rings is 1. The summed E-state index contributed by atoms with van der Waals surface area (Å²) >= 11 is 0. The van der Waals surface area contributed by atoms with E-state index in [1.54, 1.807) is 0 Å². The predicted octanol–water partition coefficient (Wildman–Crippen LogP) is 0.384. The lowest BCUT2D eigenvalue weighted by Gasteiger charge is -2.37. The first-order valence-electron chi connectivity index (χ1n) is 6.69. The highest BCUT2D eigenvalue weighted by molar-refractivity contribution is 5.99. The number of anilines is 1. The Kier molecular flexibility index (Phi) is 4.57. The molecule has 110 valence electrons. The Morgan fingerprint density at radius 1 is 1.45 bits per heavy atom. The number of amides is 1. The molecule has 20 heavy (non-hydrogen) atoms. The number of nitrogens with one attached hydrogen (secondary N) is 1. The van der Waals surface area contributed by atoms with Crippen LogP contribution in [0.5, 0.6) is 0 Å². The molecule has 0 aromatic heterocycles. The molecule has 1 atom stereocenters. The first-order chi connectivity index (χ1) is 9.47. The van der Waals surface area contributed by atoms with Gasteiger partial charge in [-0.1, -0.05) is 0 Å². The van der Waals surface area contributed by atoms with Crippen LogP contribution in [0.15, 0.2) is 18.2 Å². The average molecular weight is 280 g/mol. The van der Waals surface area contributed by atoms with Gasteiger partial charge < -0.3 is 16.0 Å². The van der Waals surface area contributed by atoms with Gasteiger partial charge in [0.15, 0.2) is 0 Å². The highest BCUT2D eigenvalue weighted by Gasteiger charge is 2.22. The van der Waals surface area contributed by atoms with Crippen LogP contribution < -0.4 is 11.1 Å². The van der Waals surface area contributed by atoms with Gasteiger partial charge in [-0.2, -0.15) is 0 Å². The molecule has 1 aromatic carbocycles. The molecular formula is C14H21FN4O. The number of piperazine rings is 1. The monoisotopic (exact) mass is 280 g/mol. The van der Waals surface area contributed by atoms with Gasteiger partial charge in [0.05, 0.1) is 5.56 Å². The number of hydrogen-bond acceptors (Lipinski definition) is 4. The molecule has 0 saturated carbocycles. The van der Waals surface area contributed by atoms with Crippen molar-refractivity contribution in [1.82, 2.24) is 15.1 Å². The van der Waals surface area contributed by atoms with Crippen LogP contribution in [0.1, 0.15) is 10.4 Å². The average Bonchev–Trinajstić information content (AvgIpc) is 2.39. The summed E-state index contributed by atoms with van der Waals surface area (Å²) in [5.74, 6) is -0.697. The van der Waals surface area contributed by atoms with Gasteiger partial charge in [-0.3, -0.25) is 9.69 Å². The summed E-state index contributed by atoms with van der Waals surface area (Å²) in [6.45, 7) is 3.48. The van der Waals surface area contributed by atoms with Gasteiger partial charge in [0, 0.05) is 37.9 Å². The molecule has 0 bridgehead atoms. The minimum Gasteiger partial charge on any atom is -0.398 e. The lowest BCUT2D eigenvalue weighted by atomic mass is 10.1. The van der Waals surface area contributed by atoms with E-state index in [2.05, 4.69) is 29.2 Å². The van der Waals surface area contributed by atoms with Crippen LogP contribution in [0, 0.1) is 5.82 Å². The highest BCUT2D eigenvalue weighted by atomic mass is 19.1. The van der Waals surface area contributed by atoms with Crippen LogP contribution in [-0.2, 0) is 0 Å². The highest BCUT2D eigenvalue weighted by Crippen LogP contribution is 2.13. The van der Waals surface area contributed by atoms with Crippen LogP contribution >= 0.6 is 0 Å². The molecular weight excluding hydrogens is 259 g/mol. The number of halogens is 1. The van der Waals surface area contributed by atoms with Crippen LogP contribution in [-0.4, -0.2) is 62.0 Å². The first kappa shape index (κ1) is 14.7. The second-order valence-corrected chi connectivity index (χ2v) is 5.34. The van der Waals surface area contributed by atoms with Gasteiger partial charge in [-0.05, 0) is 32.3 Å². The van der Waals surface area contributed by atoms with Crippen LogP contribution in [0.2, 0.25) is 0 Å². The summed E-state index contributed by atoms with van der Waals surface area (Å²) in [6.07, 6.45) is 0. The van der Waals surface area contributed by atoms with Crippen molar-refractivity contribution in [3.05, 3.63) is 29.6 Å². The van der Waals surface area contributed by atoms with Crippen molar-refractivity contribution in [2.24, 2.45) is 0 Å². The van der Waals surface area contributed by atoms with E-state index in [1.807, 2.05) is 0 Å². The number of nitrogens with zero attached hydrogens (tertiary/aromatic N) is 2. The molecule has 0 spiro atoms. The molecule has 1 aliphatic rings. The smallest absolute Gasteiger partial charge is 0.253 e. The number of hydrogen-bond donors (Lipinski definition) is 2. The zero-order valence-corrected chi connectivity index (χ0v) is 11.9. The minimum absolute atomic E-state index is 0.164. The van der Waals surface area contributed by atoms with Crippen molar-refractivity contribution in [1.29, 1.82) is 0 Å². The SMILES string of the molecule is CN1CCN(C)C(CNC(=O)c2ccc(F)cc2N)C1. The maximum absolute atomic E-state index is 13.0. The Bertz CT molecular complexity index is 494. The maximum Gasteiger partial charge on any atom is 0.253 e. The normalized spacial score (nSPS) is 20.9. The van der Waals surface area contributed by atoms with Crippen molar-refractivity contribution >= 4 is 11.6 Å². The minimum atomic E-state index is -0.437. The van der Waals surface area contributed by atoms with Gasteiger partial charge >= 0.3 is 0 Å². The zero-order valence-electron chi connectivity index (χ0n) is 11.9. The molecule has 6 heteroatoms. The summed E-state index contributed by atoms with van der Waals surface area (Å²) in [7, 11) is 4.12. The van der Waals surface area contributed by atoms with Crippen molar-refractivity contribution < 1.29 is 9.18 Å². The van der Waals surface area contributed by atoms with Crippen molar-refractivity contribution in [2.75, 3.05) is 46.0 Å². The first-order valence-corrected chi connectivity index (χ1v) is 6.69. The van der Waals surface area contributed by atoms with Crippen LogP contribution in [0.25, 0.3) is 0 Å². The number of nitrogens with two attached hydrogens (primary N) is 1. The molecule has 1 saturated heterocycles. The Morgan fingerprint density at radius 3 is 2.90 bits per heavy atom. The van der Waals surface area contributed by atoms with E-state index in [9.17, 15) is 9.18 Å².